The van der Waals surface area contributed by atoms with Crippen molar-refractivity contribution in [3.63, 3.8) is 0 Å². The Hall–Kier alpha value is -3.95. The molecule has 1 aliphatic rings. The minimum atomic E-state index is -1.16. The Bertz CT molecular complexity index is 1210. The summed E-state index contributed by atoms with van der Waals surface area (Å²) in [5.41, 5.74) is 7.46. The maximum absolute atomic E-state index is 13.5. The molecule has 10 heteroatoms. The van der Waals surface area contributed by atoms with Crippen molar-refractivity contribution in [3.8, 4) is 11.1 Å². The number of rotatable bonds is 8. The van der Waals surface area contributed by atoms with Gasteiger partial charge >= 0.3 is 6.09 Å². The molecule has 0 aliphatic heterocycles. The molecule has 0 bridgehead atoms. The van der Waals surface area contributed by atoms with Crippen LogP contribution in [-0.2, 0) is 20.7 Å². The lowest BCUT2D eigenvalue weighted by molar-refractivity contribution is -0.133. The predicted molar refractivity (Wildman–Crippen MR) is 148 cm³/mol. The summed E-state index contributed by atoms with van der Waals surface area (Å²) in [7, 11) is 1.56. The van der Waals surface area contributed by atoms with E-state index in [0.29, 0.717) is 18.5 Å². The molecule has 1 unspecified atom stereocenters. The summed E-state index contributed by atoms with van der Waals surface area (Å²) < 4.78 is 5.40. The molecule has 1 saturated carbocycles. The lowest BCUT2D eigenvalue weighted by atomic mass is 9.80. The van der Waals surface area contributed by atoms with Gasteiger partial charge in [0.2, 0.25) is 11.8 Å². The second-order valence-corrected chi connectivity index (χ2v) is 11.1. The Balaban J connectivity index is 1.73. The van der Waals surface area contributed by atoms with Crippen molar-refractivity contribution in [2.24, 2.45) is 5.73 Å². The van der Waals surface area contributed by atoms with Crippen LogP contribution in [0.3, 0.4) is 0 Å². The highest BCUT2D eigenvalue weighted by Gasteiger charge is 2.43. The number of nitrogens with two attached hydrogens (primary N) is 1. The number of hydrogen-bond acceptors (Lipinski definition) is 6. The number of hydrogen-bond donors (Lipinski definition) is 4. The van der Waals surface area contributed by atoms with Gasteiger partial charge in [-0.25, -0.2) is 4.79 Å². The maximum Gasteiger partial charge on any atom is 0.408 e. The highest BCUT2D eigenvalue weighted by Crippen LogP contribution is 2.29. The molecule has 1 aliphatic carbocycles. The van der Waals surface area contributed by atoms with Gasteiger partial charge in [-0.1, -0.05) is 43.5 Å². The molecule has 1 heterocycles. The zero-order chi connectivity index (χ0) is 28.8. The summed E-state index contributed by atoms with van der Waals surface area (Å²) in [5.74, 6) is -1.35. The van der Waals surface area contributed by atoms with Gasteiger partial charge in [-0.15, -0.1) is 0 Å². The summed E-state index contributed by atoms with van der Waals surface area (Å²) in [6.07, 6.45) is 4.56. The predicted octanol–water partition coefficient (Wildman–Crippen LogP) is 3.16. The van der Waals surface area contributed by atoms with Gasteiger partial charge in [0, 0.05) is 25.2 Å². The van der Waals surface area contributed by atoms with E-state index < -0.39 is 35.1 Å². The number of aromatic nitrogens is 1. The van der Waals surface area contributed by atoms with Crippen LogP contribution < -0.4 is 21.7 Å². The molecule has 5 N–H and O–H groups in total. The van der Waals surface area contributed by atoms with E-state index in [9.17, 15) is 19.2 Å². The van der Waals surface area contributed by atoms with Crippen LogP contribution in [0.15, 0.2) is 36.5 Å². The Labute approximate surface area is 229 Å². The van der Waals surface area contributed by atoms with Gasteiger partial charge in [0.05, 0.1) is 0 Å². The summed E-state index contributed by atoms with van der Waals surface area (Å²) in [5, 5.41) is 8.15. The average Bonchev–Trinajstić information content (AvgIpc) is 2.87. The fourth-order valence-electron chi connectivity index (χ4n) is 4.74. The molecular weight excluding hydrogens is 498 g/mol. The van der Waals surface area contributed by atoms with Crippen molar-refractivity contribution in [1.29, 1.82) is 0 Å². The van der Waals surface area contributed by atoms with E-state index in [1.807, 2.05) is 37.3 Å². The first kappa shape index (κ1) is 29.6. The summed E-state index contributed by atoms with van der Waals surface area (Å²) >= 11 is 0. The van der Waals surface area contributed by atoms with Crippen molar-refractivity contribution < 1.29 is 23.9 Å². The number of pyridine rings is 1. The van der Waals surface area contributed by atoms with E-state index in [1.165, 1.54) is 0 Å². The van der Waals surface area contributed by atoms with Crippen LogP contribution in [0, 0.1) is 6.92 Å². The molecule has 0 radical (unpaired) electrons. The largest absolute Gasteiger partial charge is 0.444 e. The third-order valence-corrected chi connectivity index (χ3v) is 6.78. The molecule has 1 aromatic heterocycles. The molecule has 10 nitrogen and oxygen atoms in total. The molecule has 0 spiro atoms. The van der Waals surface area contributed by atoms with Crippen LogP contribution in [0.4, 0.5) is 4.79 Å². The fourth-order valence-corrected chi connectivity index (χ4v) is 4.74. The summed E-state index contributed by atoms with van der Waals surface area (Å²) in [6.45, 7) is 7.09. The molecule has 1 aromatic carbocycles. The Morgan fingerprint density at radius 1 is 1.05 bits per heavy atom. The summed E-state index contributed by atoms with van der Waals surface area (Å²) in [6, 6.07) is 8.41. The Kier molecular flexibility index (Phi) is 9.32. The number of alkyl carbamates (subject to hydrolysis) is 1. The first-order valence-corrected chi connectivity index (χ1v) is 13.2. The van der Waals surface area contributed by atoms with Gasteiger partial charge in [0.15, 0.2) is 0 Å². The van der Waals surface area contributed by atoms with Gasteiger partial charge < -0.3 is 26.4 Å². The number of nitrogens with zero attached hydrogens (tertiary/aromatic N) is 1. The molecule has 3 rings (SSSR count). The van der Waals surface area contributed by atoms with Gasteiger partial charge in [-0.3, -0.25) is 19.4 Å². The van der Waals surface area contributed by atoms with Crippen molar-refractivity contribution in [3.05, 3.63) is 53.3 Å². The van der Waals surface area contributed by atoms with Gasteiger partial charge in [0.25, 0.3) is 5.91 Å². The Morgan fingerprint density at radius 3 is 2.23 bits per heavy atom. The molecule has 0 saturated heterocycles. The minimum absolute atomic E-state index is 0.191. The van der Waals surface area contributed by atoms with Gasteiger partial charge in [0.1, 0.15) is 22.9 Å². The minimum Gasteiger partial charge on any atom is -0.444 e. The van der Waals surface area contributed by atoms with Crippen LogP contribution in [0.5, 0.6) is 0 Å². The molecular formula is C29H39N5O5. The normalized spacial score (nSPS) is 15.5. The van der Waals surface area contributed by atoms with Crippen LogP contribution in [-0.4, -0.2) is 53.0 Å². The van der Waals surface area contributed by atoms with E-state index in [-0.39, 0.29) is 12.3 Å². The molecule has 210 valence electrons. The van der Waals surface area contributed by atoms with Crippen LogP contribution in [0.1, 0.15) is 74.5 Å². The van der Waals surface area contributed by atoms with E-state index in [4.69, 9.17) is 10.5 Å². The fraction of sp³-hybridized carbons (Fsp3) is 0.483. The maximum atomic E-state index is 13.5. The van der Waals surface area contributed by atoms with Gasteiger partial charge in [-0.2, -0.15) is 0 Å². The molecule has 2 aromatic rings. The highest BCUT2D eigenvalue weighted by atomic mass is 16.6. The topological polar surface area (TPSA) is 153 Å². The first-order chi connectivity index (χ1) is 18.3. The molecule has 1 atom stereocenters. The zero-order valence-corrected chi connectivity index (χ0v) is 23.3. The zero-order valence-electron chi connectivity index (χ0n) is 23.3. The SMILES string of the molecule is CNC(=O)c1ncc(-c2ccc(CC(NC(=O)C3(NC(=O)OC(C)(C)C)CCCCC3)C(N)=O)cc2)cc1C. The monoisotopic (exact) mass is 537 g/mol. The van der Waals surface area contributed by atoms with Crippen molar-refractivity contribution in [1.82, 2.24) is 20.9 Å². The number of carbonyl (C=O) groups excluding carboxylic acids is 4. The number of ether oxygens (including phenoxy) is 1. The lowest BCUT2D eigenvalue weighted by Crippen LogP contribution is -2.63. The van der Waals surface area contributed by atoms with Crippen LogP contribution in [0.25, 0.3) is 11.1 Å². The second kappa shape index (κ2) is 12.3. The van der Waals surface area contributed by atoms with Crippen molar-refractivity contribution in [2.75, 3.05) is 7.05 Å². The standard InChI is InChI=1S/C29H39N5O5/c1-18-15-21(17-32-23(18)25(36)31-5)20-11-9-19(10-12-20)16-22(24(30)35)33-26(37)29(13-7-6-8-14-29)34-27(38)39-28(2,3)4/h9-12,15,17,22H,6-8,13-14,16H2,1-5H3,(H2,30,35)(H,31,36)(H,33,37)(H,34,38). The third-order valence-electron chi connectivity index (χ3n) is 6.78. The number of benzene rings is 1. The Morgan fingerprint density at radius 2 is 1.69 bits per heavy atom. The quantitative estimate of drug-likeness (QED) is 0.406. The number of nitrogens with one attached hydrogen (secondary N) is 3. The first-order valence-electron chi connectivity index (χ1n) is 13.2. The summed E-state index contributed by atoms with van der Waals surface area (Å²) in [4.78, 5) is 54.6. The average molecular weight is 538 g/mol. The molecule has 4 amide bonds. The van der Waals surface area contributed by atoms with E-state index >= 15 is 0 Å². The molecule has 1 fully saturated rings. The smallest absolute Gasteiger partial charge is 0.408 e. The van der Waals surface area contributed by atoms with Crippen molar-refractivity contribution >= 4 is 23.8 Å². The van der Waals surface area contributed by atoms with E-state index in [2.05, 4.69) is 20.9 Å². The number of primary amides is 1. The lowest BCUT2D eigenvalue weighted by Gasteiger charge is -2.37. The highest BCUT2D eigenvalue weighted by molar-refractivity contribution is 5.94. The second-order valence-electron chi connectivity index (χ2n) is 11.1. The number of aryl methyl sites for hydroxylation is 1. The third kappa shape index (κ3) is 7.78. The van der Waals surface area contributed by atoms with E-state index in [1.54, 1.807) is 34.0 Å². The van der Waals surface area contributed by atoms with Gasteiger partial charge in [-0.05, 0) is 63.3 Å². The molecule has 39 heavy (non-hydrogen) atoms. The van der Waals surface area contributed by atoms with Crippen LogP contribution >= 0.6 is 0 Å². The number of amides is 4. The number of carbonyl (C=O) groups is 4. The van der Waals surface area contributed by atoms with Crippen LogP contribution in [0.2, 0.25) is 0 Å². The van der Waals surface area contributed by atoms with E-state index in [0.717, 1.165) is 41.5 Å². The van der Waals surface area contributed by atoms with Crippen molar-refractivity contribution in [2.45, 2.75) is 83.4 Å².